The quantitative estimate of drug-likeness (QED) is 0.528. The van der Waals surface area contributed by atoms with Gasteiger partial charge in [0, 0.05) is 18.7 Å². The van der Waals surface area contributed by atoms with Crippen LogP contribution in [-0.2, 0) is 0 Å². The maximum absolute atomic E-state index is 12.2. The summed E-state index contributed by atoms with van der Waals surface area (Å²) >= 11 is 6.05. The van der Waals surface area contributed by atoms with Gasteiger partial charge in [-0.2, -0.15) is 0 Å². The summed E-state index contributed by atoms with van der Waals surface area (Å²) in [6, 6.07) is 9.49. The van der Waals surface area contributed by atoms with Crippen molar-refractivity contribution in [2.24, 2.45) is 0 Å². The number of piperidine rings is 1. The van der Waals surface area contributed by atoms with Gasteiger partial charge in [-0.15, -0.1) is 0 Å². The van der Waals surface area contributed by atoms with Crippen LogP contribution in [0.2, 0.25) is 0 Å². The summed E-state index contributed by atoms with van der Waals surface area (Å²) in [6.07, 6.45) is 2.18. The van der Waals surface area contributed by atoms with Gasteiger partial charge in [0.1, 0.15) is 0 Å². The predicted molar refractivity (Wildman–Crippen MR) is 77.3 cm³/mol. The van der Waals surface area contributed by atoms with Gasteiger partial charge < -0.3 is 4.90 Å². The lowest BCUT2D eigenvalue weighted by atomic mass is 10.1. The maximum atomic E-state index is 12.2. The Morgan fingerprint density at radius 2 is 2.06 bits per heavy atom. The number of halogens is 2. The van der Waals surface area contributed by atoms with Gasteiger partial charge in [-0.3, -0.25) is 4.79 Å². The third-order valence-corrected chi connectivity index (χ3v) is 4.23. The maximum Gasteiger partial charge on any atom is 0.253 e. The molecule has 1 heterocycles. The van der Waals surface area contributed by atoms with Gasteiger partial charge in [-0.1, -0.05) is 56.7 Å². The minimum atomic E-state index is 0.0491. The summed E-state index contributed by atoms with van der Waals surface area (Å²) < 4.78 is 0.0491. The van der Waals surface area contributed by atoms with Gasteiger partial charge in [0.25, 0.3) is 5.91 Å². The molecule has 16 heavy (non-hydrogen) atoms. The molecule has 0 spiro atoms. The number of benzene rings is 1. The van der Waals surface area contributed by atoms with Gasteiger partial charge in [-0.05, 0) is 25.0 Å². The summed E-state index contributed by atoms with van der Waals surface area (Å²) in [6.45, 7) is 1.64. The van der Waals surface area contributed by atoms with E-state index in [1.54, 1.807) is 0 Å². The van der Waals surface area contributed by atoms with E-state index in [0.717, 1.165) is 31.5 Å². The molecule has 2 rings (SSSR count). The van der Waals surface area contributed by atoms with Crippen molar-refractivity contribution in [3.8, 4) is 0 Å². The number of rotatable bonds is 1. The standard InChI is InChI=1S/C12H13BrINO/c13-12(14)7-4-8-15(9-12)11(16)10-5-2-1-3-6-10/h1-3,5-6H,4,7-9H2. The van der Waals surface area contributed by atoms with Crippen molar-refractivity contribution in [1.29, 1.82) is 0 Å². The van der Waals surface area contributed by atoms with E-state index in [9.17, 15) is 4.79 Å². The van der Waals surface area contributed by atoms with Crippen molar-refractivity contribution in [3.05, 3.63) is 35.9 Å². The number of nitrogens with zero attached hydrogens (tertiary/aromatic N) is 1. The average Bonchev–Trinajstić information content (AvgIpc) is 2.28. The summed E-state index contributed by atoms with van der Waals surface area (Å²) in [5.41, 5.74) is 0.782. The fourth-order valence-corrected chi connectivity index (χ4v) is 3.28. The molecule has 4 heteroatoms. The summed E-state index contributed by atoms with van der Waals surface area (Å²) in [4.78, 5) is 14.1. The molecule has 1 aliphatic rings. The molecule has 0 radical (unpaired) electrons. The second-order valence-corrected chi connectivity index (χ2v) is 9.12. The van der Waals surface area contributed by atoms with E-state index in [1.165, 1.54) is 0 Å². The fraction of sp³-hybridized carbons (Fsp3) is 0.417. The van der Waals surface area contributed by atoms with E-state index in [1.807, 2.05) is 35.2 Å². The Bertz CT molecular complexity index is 380. The molecule has 1 atom stereocenters. The molecule has 0 saturated carbocycles. The molecule has 86 valence electrons. The molecule has 1 unspecified atom stereocenters. The smallest absolute Gasteiger partial charge is 0.253 e. The van der Waals surface area contributed by atoms with E-state index < -0.39 is 0 Å². The highest BCUT2D eigenvalue weighted by Gasteiger charge is 2.32. The van der Waals surface area contributed by atoms with Crippen LogP contribution < -0.4 is 0 Å². The molecule has 0 N–H and O–H groups in total. The molecule has 2 nitrogen and oxygen atoms in total. The van der Waals surface area contributed by atoms with Crippen LogP contribution in [0.25, 0.3) is 0 Å². The number of amides is 1. The predicted octanol–water partition coefficient (Wildman–Crippen LogP) is 3.45. The molecule has 1 aromatic carbocycles. The Hall–Kier alpha value is -0.100. The Kier molecular flexibility index (Phi) is 3.89. The van der Waals surface area contributed by atoms with Gasteiger partial charge in [0.15, 0.2) is 0 Å². The van der Waals surface area contributed by atoms with Crippen molar-refractivity contribution in [1.82, 2.24) is 4.90 Å². The molecule has 0 bridgehead atoms. The van der Waals surface area contributed by atoms with Crippen LogP contribution in [0, 0.1) is 0 Å². The summed E-state index contributed by atoms with van der Waals surface area (Å²) in [5.74, 6) is 0.140. The molecule has 1 saturated heterocycles. The first-order chi connectivity index (χ1) is 7.58. The Morgan fingerprint density at radius 1 is 1.38 bits per heavy atom. The normalized spacial score (nSPS) is 25.5. The van der Waals surface area contributed by atoms with Crippen LogP contribution in [0.15, 0.2) is 30.3 Å². The van der Waals surface area contributed by atoms with Gasteiger partial charge >= 0.3 is 0 Å². The minimum Gasteiger partial charge on any atom is -0.336 e. The average molecular weight is 394 g/mol. The van der Waals surface area contributed by atoms with E-state index in [-0.39, 0.29) is 8.24 Å². The molecular weight excluding hydrogens is 381 g/mol. The topological polar surface area (TPSA) is 20.3 Å². The molecular formula is C12H13BrINO. The summed E-state index contributed by atoms with van der Waals surface area (Å²) in [7, 11) is 0. The SMILES string of the molecule is O=C(c1ccccc1)N1CCCC(Br)(I)C1. The van der Waals surface area contributed by atoms with E-state index in [4.69, 9.17) is 0 Å². The van der Waals surface area contributed by atoms with Crippen LogP contribution in [-0.4, -0.2) is 26.2 Å². The van der Waals surface area contributed by atoms with Crippen molar-refractivity contribution < 1.29 is 4.79 Å². The number of hydrogen-bond donors (Lipinski definition) is 0. The van der Waals surface area contributed by atoms with Crippen LogP contribution in [0.4, 0.5) is 0 Å². The number of carbonyl (C=O) groups is 1. The van der Waals surface area contributed by atoms with Crippen molar-refractivity contribution in [2.45, 2.75) is 15.2 Å². The molecule has 1 aromatic rings. The second kappa shape index (κ2) is 5.04. The van der Waals surface area contributed by atoms with Crippen LogP contribution >= 0.6 is 38.5 Å². The van der Waals surface area contributed by atoms with Gasteiger partial charge in [0.2, 0.25) is 0 Å². The minimum absolute atomic E-state index is 0.0491. The third-order valence-electron chi connectivity index (χ3n) is 2.70. The van der Waals surface area contributed by atoms with Crippen molar-refractivity contribution in [2.75, 3.05) is 13.1 Å². The zero-order chi connectivity index (χ0) is 11.6. The Labute approximate surface area is 118 Å². The highest BCUT2D eigenvalue weighted by molar-refractivity contribution is 14.1. The first kappa shape index (κ1) is 12.4. The fourth-order valence-electron chi connectivity index (χ4n) is 1.90. The zero-order valence-electron chi connectivity index (χ0n) is 8.83. The molecule has 0 aliphatic carbocycles. The van der Waals surface area contributed by atoms with Crippen LogP contribution in [0.3, 0.4) is 0 Å². The van der Waals surface area contributed by atoms with E-state index >= 15 is 0 Å². The number of carbonyl (C=O) groups excluding carboxylic acids is 1. The van der Waals surface area contributed by atoms with Crippen molar-refractivity contribution in [3.63, 3.8) is 0 Å². The molecule has 1 amide bonds. The first-order valence-electron chi connectivity index (χ1n) is 5.31. The van der Waals surface area contributed by atoms with E-state index in [0.29, 0.717) is 0 Å². The largest absolute Gasteiger partial charge is 0.336 e. The highest BCUT2D eigenvalue weighted by atomic mass is 127. The van der Waals surface area contributed by atoms with Crippen molar-refractivity contribution >= 4 is 44.4 Å². The van der Waals surface area contributed by atoms with Gasteiger partial charge in [0.05, 0.1) is 2.33 Å². The molecule has 1 fully saturated rings. The second-order valence-electron chi connectivity index (χ2n) is 4.05. The lowest BCUT2D eigenvalue weighted by Gasteiger charge is -2.35. The van der Waals surface area contributed by atoms with Crippen LogP contribution in [0.5, 0.6) is 0 Å². The highest BCUT2D eigenvalue weighted by Crippen LogP contribution is 2.36. The molecule has 0 aromatic heterocycles. The lowest BCUT2D eigenvalue weighted by Crippen LogP contribution is -2.44. The lowest BCUT2D eigenvalue weighted by molar-refractivity contribution is 0.0726. The monoisotopic (exact) mass is 393 g/mol. The number of likely N-dealkylation sites (tertiary alicyclic amines) is 1. The first-order valence-corrected chi connectivity index (χ1v) is 7.18. The Morgan fingerprint density at radius 3 is 2.69 bits per heavy atom. The number of alkyl halides is 2. The third kappa shape index (κ3) is 2.97. The number of hydrogen-bond acceptors (Lipinski definition) is 1. The van der Waals surface area contributed by atoms with Crippen LogP contribution in [0.1, 0.15) is 23.2 Å². The summed E-state index contributed by atoms with van der Waals surface area (Å²) in [5, 5.41) is 0. The van der Waals surface area contributed by atoms with Gasteiger partial charge in [-0.25, -0.2) is 0 Å². The van der Waals surface area contributed by atoms with E-state index in [2.05, 4.69) is 38.5 Å². The molecule has 1 aliphatic heterocycles. The Balaban J connectivity index is 2.11. The zero-order valence-corrected chi connectivity index (χ0v) is 12.6.